The van der Waals surface area contributed by atoms with Crippen molar-refractivity contribution >= 4 is 40.2 Å². The van der Waals surface area contributed by atoms with E-state index in [2.05, 4.69) is 11.6 Å². The number of aromatic nitrogens is 2. The van der Waals surface area contributed by atoms with Crippen molar-refractivity contribution in [2.24, 2.45) is 0 Å². The van der Waals surface area contributed by atoms with Gasteiger partial charge in [-0.05, 0) is 55.2 Å². The van der Waals surface area contributed by atoms with E-state index >= 15 is 0 Å². The van der Waals surface area contributed by atoms with Gasteiger partial charge < -0.3 is 24.0 Å². The number of halogens is 1. The molecule has 1 fully saturated rings. The number of ether oxygens (including phenoxy) is 1. The molecule has 3 aromatic rings. The number of likely N-dealkylation sites (N-methyl/N-ethyl adjacent to an activating group) is 1. The summed E-state index contributed by atoms with van der Waals surface area (Å²) < 4.78 is 7.41. The summed E-state index contributed by atoms with van der Waals surface area (Å²) in [6.07, 6.45) is 4.21. The lowest BCUT2D eigenvalue weighted by Gasteiger charge is -2.43. The zero-order chi connectivity index (χ0) is 28.7. The summed E-state index contributed by atoms with van der Waals surface area (Å²) in [6, 6.07) is 5.57. The van der Waals surface area contributed by atoms with Gasteiger partial charge in [0.15, 0.2) is 0 Å². The zero-order valence-electron chi connectivity index (χ0n) is 23.4. The van der Waals surface area contributed by atoms with E-state index in [1.807, 2.05) is 41.5 Å². The number of carbonyl (C=O) groups excluding carboxylic acids is 3. The molecule has 0 saturated carbocycles. The van der Waals surface area contributed by atoms with Gasteiger partial charge in [-0.15, -0.1) is 0 Å². The minimum atomic E-state index is -0.132. The standard InChI is InChI=1S/C30H34ClN5O4/c1-6-24-27(30(39)34-11-9-22-19(14-34)8-10-32-29(22)40-5)23-13-20(31)12-18(3)28(23)36(24)17-26(38)33(4)21-15-35(16-21)25(37)7-2/h7-8,10,12-13,21H,2,6,9,11,14-17H2,1,3-5H3. The van der Waals surface area contributed by atoms with Crippen molar-refractivity contribution < 1.29 is 19.1 Å². The Morgan fingerprint density at radius 1 is 1.25 bits per heavy atom. The first-order chi connectivity index (χ1) is 19.2. The first-order valence-electron chi connectivity index (χ1n) is 13.5. The van der Waals surface area contributed by atoms with Crippen LogP contribution in [-0.2, 0) is 35.5 Å². The lowest BCUT2D eigenvalue weighted by molar-refractivity contribution is -0.142. The molecule has 2 aliphatic heterocycles. The maximum absolute atomic E-state index is 14.2. The van der Waals surface area contributed by atoms with E-state index in [9.17, 15) is 14.4 Å². The molecule has 2 aromatic heterocycles. The monoisotopic (exact) mass is 563 g/mol. The Labute approximate surface area is 238 Å². The van der Waals surface area contributed by atoms with Crippen LogP contribution in [0.15, 0.2) is 37.1 Å². The molecule has 5 rings (SSSR count). The Kier molecular flexibility index (Phi) is 7.59. The first-order valence-corrected chi connectivity index (χ1v) is 13.8. The number of rotatable bonds is 7. The first kappa shape index (κ1) is 27.7. The SMILES string of the molecule is C=CC(=O)N1CC(N(C)C(=O)Cn2c(CC)c(C(=O)N3CCc4c(ccnc4OC)C3)c3cc(Cl)cc(C)c32)C1. The molecule has 0 aliphatic carbocycles. The third-order valence-corrected chi connectivity index (χ3v) is 8.36. The van der Waals surface area contributed by atoms with Gasteiger partial charge in [-0.25, -0.2) is 4.98 Å². The normalized spacial score (nSPS) is 15.0. The molecule has 2 aliphatic rings. The molecule has 0 spiro atoms. The number of pyridine rings is 1. The second kappa shape index (κ2) is 11.0. The fourth-order valence-electron chi connectivity index (χ4n) is 5.92. The van der Waals surface area contributed by atoms with E-state index < -0.39 is 0 Å². The summed E-state index contributed by atoms with van der Waals surface area (Å²) >= 11 is 6.50. The molecule has 0 bridgehead atoms. The van der Waals surface area contributed by atoms with E-state index in [4.69, 9.17) is 16.3 Å². The molecule has 0 N–H and O–H groups in total. The lowest BCUT2D eigenvalue weighted by atomic mass is 9.99. The maximum atomic E-state index is 14.2. The highest BCUT2D eigenvalue weighted by Crippen LogP contribution is 2.35. The van der Waals surface area contributed by atoms with Gasteiger partial charge in [0.25, 0.3) is 5.91 Å². The summed E-state index contributed by atoms with van der Waals surface area (Å²) in [5, 5.41) is 1.30. The van der Waals surface area contributed by atoms with E-state index in [0.717, 1.165) is 33.3 Å². The number of nitrogens with zero attached hydrogens (tertiary/aromatic N) is 5. The number of methoxy groups -OCH3 is 1. The van der Waals surface area contributed by atoms with Crippen molar-refractivity contribution in [1.82, 2.24) is 24.3 Å². The van der Waals surface area contributed by atoms with Crippen LogP contribution in [0.5, 0.6) is 5.88 Å². The summed E-state index contributed by atoms with van der Waals surface area (Å²) in [4.78, 5) is 49.1. The molecule has 3 amide bonds. The highest BCUT2D eigenvalue weighted by molar-refractivity contribution is 6.31. The number of fused-ring (bicyclic) bond motifs is 2. The van der Waals surface area contributed by atoms with Crippen molar-refractivity contribution in [2.75, 3.05) is 33.8 Å². The number of hydrogen-bond donors (Lipinski definition) is 0. The molecule has 40 heavy (non-hydrogen) atoms. The summed E-state index contributed by atoms with van der Waals surface area (Å²) in [5.41, 5.74) is 5.19. The van der Waals surface area contributed by atoms with Crippen LogP contribution in [0, 0.1) is 6.92 Å². The predicted octanol–water partition coefficient (Wildman–Crippen LogP) is 3.62. The number of aryl methyl sites for hydroxylation is 1. The Hall–Kier alpha value is -3.85. The van der Waals surface area contributed by atoms with Crippen LogP contribution in [0.25, 0.3) is 10.9 Å². The van der Waals surface area contributed by atoms with Crippen LogP contribution in [0.3, 0.4) is 0 Å². The van der Waals surface area contributed by atoms with Crippen LogP contribution in [-0.4, -0.2) is 81.8 Å². The fraction of sp³-hybridized carbons (Fsp3) is 0.400. The molecule has 0 atom stereocenters. The van der Waals surface area contributed by atoms with Gasteiger partial charge in [0, 0.05) is 61.1 Å². The molecule has 9 nitrogen and oxygen atoms in total. The smallest absolute Gasteiger partial charge is 0.256 e. The molecule has 1 saturated heterocycles. The minimum absolute atomic E-state index is 0.0557. The van der Waals surface area contributed by atoms with Crippen molar-refractivity contribution in [3.8, 4) is 5.88 Å². The minimum Gasteiger partial charge on any atom is -0.481 e. The van der Waals surface area contributed by atoms with Gasteiger partial charge in [-0.3, -0.25) is 14.4 Å². The second-order valence-corrected chi connectivity index (χ2v) is 10.9. The molecule has 0 unspecified atom stereocenters. The molecule has 10 heteroatoms. The van der Waals surface area contributed by atoms with E-state index in [1.54, 1.807) is 30.2 Å². The fourth-order valence-corrected chi connectivity index (χ4v) is 6.19. The highest BCUT2D eigenvalue weighted by atomic mass is 35.5. The Balaban J connectivity index is 1.48. The van der Waals surface area contributed by atoms with Crippen molar-refractivity contribution in [3.05, 3.63) is 70.0 Å². The third-order valence-electron chi connectivity index (χ3n) is 8.14. The maximum Gasteiger partial charge on any atom is 0.256 e. The highest BCUT2D eigenvalue weighted by Gasteiger charge is 2.35. The number of hydrogen-bond acceptors (Lipinski definition) is 5. The van der Waals surface area contributed by atoms with Crippen molar-refractivity contribution in [2.45, 2.75) is 45.8 Å². The summed E-state index contributed by atoms with van der Waals surface area (Å²) in [5.74, 6) is 0.306. The average Bonchev–Trinajstić information content (AvgIpc) is 3.23. The summed E-state index contributed by atoms with van der Waals surface area (Å²) in [7, 11) is 3.37. The van der Waals surface area contributed by atoms with E-state index in [1.165, 1.54) is 6.08 Å². The topological polar surface area (TPSA) is 88.0 Å². The molecule has 0 radical (unpaired) electrons. The Morgan fingerprint density at radius 2 is 2.00 bits per heavy atom. The van der Waals surface area contributed by atoms with Crippen molar-refractivity contribution in [1.29, 1.82) is 0 Å². The van der Waals surface area contributed by atoms with Gasteiger partial charge in [-0.2, -0.15) is 0 Å². The van der Waals surface area contributed by atoms with Crippen LogP contribution in [0.4, 0.5) is 0 Å². The van der Waals surface area contributed by atoms with Crippen molar-refractivity contribution in [3.63, 3.8) is 0 Å². The van der Waals surface area contributed by atoms with Gasteiger partial charge in [0.2, 0.25) is 17.7 Å². The van der Waals surface area contributed by atoms with E-state index in [-0.39, 0.29) is 30.3 Å². The molecular formula is C30H34ClN5O4. The number of amides is 3. The molecule has 1 aromatic carbocycles. The second-order valence-electron chi connectivity index (χ2n) is 10.4. The largest absolute Gasteiger partial charge is 0.481 e. The van der Waals surface area contributed by atoms with Gasteiger partial charge in [0.1, 0.15) is 6.54 Å². The average molecular weight is 564 g/mol. The zero-order valence-corrected chi connectivity index (χ0v) is 24.1. The Bertz CT molecular complexity index is 1520. The lowest BCUT2D eigenvalue weighted by Crippen LogP contribution is -2.61. The molecular weight excluding hydrogens is 530 g/mol. The Morgan fingerprint density at radius 3 is 2.67 bits per heavy atom. The number of carbonyl (C=O) groups is 3. The third kappa shape index (κ3) is 4.72. The molecule has 4 heterocycles. The number of likely N-dealkylation sites (tertiary alicyclic amines) is 1. The quantitative estimate of drug-likeness (QED) is 0.410. The predicted molar refractivity (Wildman–Crippen MR) is 154 cm³/mol. The van der Waals surface area contributed by atoms with Crippen LogP contribution >= 0.6 is 11.6 Å². The van der Waals surface area contributed by atoms with Gasteiger partial charge in [0.05, 0.1) is 24.2 Å². The molecule has 210 valence electrons. The van der Waals surface area contributed by atoms with Crippen LogP contribution in [0.2, 0.25) is 5.02 Å². The van der Waals surface area contributed by atoms with Gasteiger partial charge in [-0.1, -0.05) is 25.1 Å². The van der Waals surface area contributed by atoms with Crippen LogP contribution in [0.1, 0.15) is 39.7 Å². The van der Waals surface area contributed by atoms with E-state index in [0.29, 0.717) is 55.5 Å². The van der Waals surface area contributed by atoms with Gasteiger partial charge >= 0.3 is 0 Å². The summed E-state index contributed by atoms with van der Waals surface area (Å²) in [6.45, 7) is 9.52. The number of benzene rings is 1. The van der Waals surface area contributed by atoms with Crippen LogP contribution < -0.4 is 4.74 Å².